The van der Waals surface area contributed by atoms with Crippen molar-refractivity contribution in [3.05, 3.63) is 77.9 Å². The van der Waals surface area contributed by atoms with Gasteiger partial charge in [0.15, 0.2) is 0 Å². The molecule has 0 aliphatic rings. The minimum Gasteiger partial charge on any atom is -0.497 e. The molecule has 0 fully saturated rings. The van der Waals surface area contributed by atoms with E-state index in [0.29, 0.717) is 6.42 Å². The monoisotopic (exact) mass is 361 g/mol. The van der Waals surface area contributed by atoms with Crippen LogP contribution in [0.1, 0.15) is 11.1 Å². The highest BCUT2D eigenvalue weighted by atomic mass is 16.5. The SMILES string of the molecule is COc1ccc(-c2cc(NC(=O)Cc3ccc(C)cc3)ccc2OC)cc1. The van der Waals surface area contributed by atoms with Crippen LogP contribution in [-0.4, -0.2) is 20.1 Å². The van der Waals surface area contributed by atoms with Crippen LogP contribution in [0.5, 0.6) is 11.5 Å². The molecule has 3 aromatic rings. The molecular weight excluding hydrogens is 338 g/mol. The van der Waals surface area contributed by atoms with Crippen LogP contribution in [0.3, 0.4) is 0 Å². The van der Waals surface area contributed by atoms with Crippen LogP contribution in [0.25, 0.3) is 11.1 Å². The summed E-state index contributed by atoms with van der Waals surface area (Å²) >= 11 is 0. The number of hydrogen-bond donors (Lipinski definition) is 1. The molecule has 0 atom stereocenters. The van der Waals surface area contributed by atoms with Gasteiger partial charge in [0.05, 0.1) is 20.6 Å². The Morgan fingerprint density at radius 1 is 0.889 bits per heavy atom. The largest absolute Gasteiger partial charge is 0.497 e. The summed E-state index contributed by atoms with van der Waals surface area (Å²) in [7, 11) is 3.28. The average Bonchev–Trinajstić information content (AvgIpc) is 2.70. The van der Waals surface area contributed by atoms with Crippen molar-refractivity contribution >= 4 is 11.6 Å². The average molecular weight is 361 g/mol. The molecule has 0 aromatic heterocycles. The van der Waals surface area contributed by atoms with E-state index in [-0.39, 0.29) is 5.91 Å². The number of benzene rings is 3. The summed E-state index contributed by atoms with van der Waals surface area (Å²) < 4.78 is 10.7. The Morgan fingerprint density at radius 2 is 1.59 bits per heavy atom. The summed E-state index contributed by atoms with van der Waals surface area (Å²) in [6.45, 7) is 2.03. The first kappa shape index (κ1) is 18.5. The van der Waals surface area contributed by atoms with Crippen LogP contribution >= 0.6 is 0 Å². The highest BCUT2D eigenvalue weighted by Crippen LogP contribution is 2.33. The number of carbonyl (C=O) groups is 1. The molecule has 0 saturated carbocycles. The molecule has 1 amide bonds. The third-order valence-corrected chi connectivity index (χ3v) is 4.37. The molecular formula is C23H23NO3. The number of ether oxygens (including phenoxy) is 2. The molecule has 3 aromatic carbocycles. The van der Waals surface area contributed by atoms with E-state index in [1.807, 2.05) is 73.7 Å². The van der Waals surface area contributed by atoms with Gasteiger partial charge in [-0.25, -0.2) is 0 Å². The fourth-order valence-corrected chi connectivity index (χ4v) is 2.88. The Kier molecular flexibility index (Phi) is 5.77. The molecule has 3 rings (SSSR count). The molecule has 4 nitrogen and oxygen atoms in total. The topological polar surface area (TPSA) is 47.6 Å². The van der Waals surface area contributed by atoms with Crippen LogP contribution in [-0.2, 0) is 11.2 Å². The van der Waals surface area contributed by atoms with E-state index in [0.717, 1.165) is 33.9 Å². The van der Waals surface area contributed by atoms with E-state index in [2.05, 4.69) is 5.32 Å². The minimum atomic E-state index is -0.0512. The summed E-state index contributed by atoms with van der Waals surface area (Å²) in [5.41, 5.74) is 4.80. The second kappa shape index (κ2) is 8.41. The summed E-state index contributed by atoms with van der Waals surface area (Å²) in [5, 5.41) is 2.97. The molecule has 0 heterocycles. The predicted molar refractivity (Wildman–Crippen MR) is 108 cm³/mol. The van der Waals surface area contributed by atoms with Crippen LogP contribution < -0.4 is 14.8 Å². The van der Waals surface area contributed by atoms with Gasteiger partial charge in [-0.3, -0.25) is 4.79 Å². The van der Waals surface area contributed by atoms with Gasteiger partial charge in [-0.1, -0.05) is 42.0 Å². The van der Waals surface area contributed by atoms with E-state index in [1.165, 1.54) is 5.56 Å². The highest BCUT2D eigenvalue weighted by Gasteiger charge is 2.10. The minimum absolute atomic E-state index is 0.0512. The zero-order valence-corrected chi connectivity index (χ0v) is 15.8. The molecule has 0 aliphatic carbocycles. The smallest absolute Gasteiger partial charge is 0.228 e. The van der Waals surface area contributed by atoms with Crippen LogP contribution in [0.15, 0.2) is 66.7 Å². The maximum absolute atomic E-state index is 12.4. The lowest BCUT2D eigenvalue weighted by molar-refractivity contribution is -0.115. The summed E-state index contributed by atoms with van der Waals surface area (Å²) in [6.07, 6.45) is 0.337. The third kappa shape index (κ3) is 4.67. The maximum atomic E-state index is 12.4. The number of anilines is 1. The molecule has 4 heteroatoms. The number of methoxy groups -OCH3 is 2. The standard InChI is InChI=1S/C23H23NO3/c1-16-4-6-17(7-5-16)14-23(25)24-19-10-13-22(27-3)21(15-19)18-8-11-20(26-2)12-9-18/h4-13,15H,14H2,1-3H3,(H,24,25). The third-order valence-electron chi connectivity index (χ3n) is 4.37. The molecule has 0 saturated heterocycles. The van der Waals surface area contributed by atoms with Gasteiger partial charge in [-0.15, -0.1) is 0 Å². The van der Waals surface area contributed by atoms with Crippen molar-refractivity contribution < 1.29 is 14.3 Å². The van der Waals surface area contributed by atoms with Gasteiger partial charge in [0.25, 0.3) is 0 Å². The first-order chi connectivity index (χ1) is 13.1. The summed E-state index contributed by atoms with van der Waals surface area (Å²) in [4.78, 5) is 12.4. The number of nitrogens with one attached hydrogen (secondary N) is 1. The lowest BCUT2D eigenvalue weighted by Gasteiger charge is -2.12. The highest BCUT2D eigenvalue weighted by molar-refractivity contribution is 5.93. The molecule has 0 radical (unpaired) electrons. The molecule has 0 spiro atoms. The second-order valence-corrected chi connectivity index (χ2v) is 6.35. The van der Waals surface area contributed by atoms with Crippen LogP contribution in [0.2, 0.25) is 0 Å². The molecule has 27 heavy (non-hydrogen) atoms. The van der Waals surface area contributed by atoms with Gasteiger partial charge in [0.1, 0.15) is 11.5 Å². The Labute approximate surface area is 159 Å². The number of amides is 1. The predicted octanol–water partition coefficient (Wildman–Crippen LogP) is 4.86. The molecule has 0 bridgehead atoms. The van der Waals surface area contributed by atoms with Crippen molar-refractivity contribution in [2.24, 2.45) is 0 Å². The van der Waals surface area contributed by atoms with Gasteiger partial charge < -0.3 is 14.8 Å². The summed E-state index contributed by atoms with van der Waals surface area (Å²) in [6, 6.07) is 21.3. The van der Waals surface area contributed by atoms with Crippen molar-refractivity contribution in [3.8, 4) is 22.6 Å². The number of aryl methyl sites for hydroxylation is 1. The maximum Gasteiger partial charge on any atom is 0.228 e. The Hall–Kier alpha value is -3.27. The number of hydrogen-bond acceptors (Lipinski definition) is 3. The van der Waals surface area contributed by atoms with Gasteiger partial charge in [0, 0.05) is 11.3 Å². The van der Waals surface area contributed by atoms with Crippen molar-refractivity contribution in [2.75, 3.05) is 19.5 Å². The van der Waals surface area contributed by atoms with Crippen molar-refractivity contribution in [2.45, 2.75) is 13.3 Å². The van der Waals surface area contributed by atoms with E-state index in [1.54, 1.807) is 14.2 Å². The Balaban J connectivity index is 1.79. The normalized spacial score (nSPS) is 10.3. The van der Waals surface area contributed by atoms with E-state index in [4.69, 9.17) is 9.47 Å². The van der Waals surface area contributed by atoms with Crippen LogP contribution in [0.4, 0.5) is 5.69 Å². The Bertz CT molecular complexity index is 915. The summed E-state index contributed by atoms with van der Waals surface area (Å²) in [5.74, 6) is 1.49. The van der Waals surface area contributed by atoms with E-state index < -0.39 is 0 Å². The van der Waals surface area contributed by atoms with Gasteiger partial charge in [0.2, 0.25) is 5.91 Å². The lowest BCUT2D eigenvalue weighted by Crippen LogP contribution is -2.14. The fourth-order valence-electron chi connectivity index (χ4n) is 2.88. The van der Waals surface area contributed by atoms with E-state index in [9.17, 15) is 4.79 Å². The Morgan fingerprint density at radius 3 is 2.22 bits per heavy atom. The van der Waals surface area contributed by atoms with Gasteiger partial charge >= 0.3 is 0 Å². The number of carbonyl (C=O) groups excluding carboxylic acids is 1. The zero-order chi connectivity index (χ0) is 19.2. The lowest BCUT2D eigenvalue weighted by atomic mass is 10.0. The fraction of sp³-hybridized carbons (Fsp3) is 0.174. The van der Waals surface area contributed by atoms with Gasteiger partial charge in [-0.05, 0) is 48.4 Å². The molecule has 0 unspecified atom stereocenters. The number of rotatable bonds is 6. The van der Waals surface area contributed by atoms with Crippen molar-refractivity contribution in [1.82, 2.24) is 0 Å². The second-order valence-electron chi connectivity index (χ2n) is 6.35. The molecule has 138 valence electrons. The van der Waals surface area contributed by atoms with Gasteiger partial charge in [-0.2, -0.15) is 0 Å². The molecule has 0 aliphatic heterocycles. The van der Waals surface area contributed by atoms with Crippen molar-refractivity contribution in [3.63, 3.8) is 0 Å². The van der Waals surface area contributed by atoms with E-state index >= 15 is 0 Å². The van der Waals surface area contributed by atoms with Crippen molar-refractivity contribution in [1.29, 1.82) is 0 Å². The first-order valence-electron chi connectivity index (χ1n) is 8.77. The zero-order valence-electron chi connectivity index (χ0n) is 15.8. The van der Waals surface area contributed by atoms with Crippen LogP contribution in [0, 0.1) is 6.92 Å². The first-order valence-corrected chi connectivity index (χ1v) is 8.77. The molecule has 1 N–H and O–H groups in total. The quantitative estimate of drug-likeness (QED) is 0.682.